The standard InChI is InChI=1S/C8H14O3S/c1-7(2,10)5-6(9)11-8(3,4)12-5/h5,10H,1-4H3. The second-order valence-electron chi connectivity index (χ2n) is 3.97. The number of aliphatic hydroxyl groups is 1. The van der Waals surface area contributed by atoms with Crippen molar-refractivity contribution in [3.8, 4) is 0 Å². The molecular formula is C8H14O3S. The van der Waals surface area contributed by atoms with Gasteiger partial charge in [-0.3, -0.25) is 4.79 Å². The van der Waals surface area contributed by atoms with E-state index in [4.69, 9.17) is 4.74 Å². The van der Waals surface area contributed by atoms with Gasteiger partial charge < -0.3 is 9.84 Å². The Balaban J connectivity index is 2.78. The van der Waals surface area contributed by atoms with Gasteiger partial charge >= 0.3 is 5.97 Å². The molecule has 1 saturated heterocycles. The Bertz CT molecular complexity index is 205. The molecule has 0 aromatic rings. The molecule has 0 spiro atoms. The summed E-state index contributed by atoms with van der Waals surface area (Å²) in [7, 11) is 0. The van der Waals surface area contributed by atoms with Crippen molar-refractivity contribution >= 4 is 17.7 Å². The summed E-state index contributed by atoms with van der Waals surface area (Å²) in [4.78, 5) is 10.7. The van der Waals surface area contributed by atoms with E-state index in [2.05, 4.69) is 0 Å². The van der Waals surface area contributed by atoms with Crippen LogP contribution in [0.2, 0.25) is 0 Å². The zero-order chi connectivity index (χ0) is 9.57. The van der Waals surface area contributed by atoms with Gasteiger partial charge in [0, 0.05) is 0 Å². The maximum Gasteiger partial charge on any atom is 0.323 e. The van der Waals surface area contributed by atoms with E-state index in [1.165, 1.54) is 11.8 Å². The first-order valence-corrected chi connectivity index (χ1v) is 4.73. The van der Waals surface area contributed by atoms with Gasteiger partial charge in [-0.25, -0.2) is 0 Å². The van der Waals surface area contributed by atoms with E-state index in [9.17, 15) is 9.90 Å². The highest BCUT2D eigenvalue weighted by atomic mass is 32.2. The molecule has 0 saturated carbocycles. The molecule has 0 aromatic heterocycles. The number of esters is 1. The lowest BCUT2D eigenvalue weighted by atomic mass is 10.1. The van der Waals surface area contributed by atoms with E-state index in [0.29, 0.717) is 0 Å². The third-order valence-electron chi connectivity index (χ3n) is 1.60. The van der Waals surface area contributed by atoms with Crippen molar-refractivity contribution in [1.29, 1.82) is 0 Å². The van der Waals surface area contributed by atoms with Crippen LogP contribution in [0.4, 0.5) is 0 Å². The first-order valence-electron chi connectivity index (χ1n) is 3.85. The van der Waals surface area contributed by atoms with E-state index >= 15 is 0 Å². The van der Waals surface area contributed by atoms with Gasteiger partial charge in [-0.2, -0.15) is 0 Å². The molecule has 1 fully saturated rings. The van der Waals surface area contributed by atoms with Gasteiger partial charge in [-0.1, -0.05) is 11.8 Å². The molecule has 1 unspecified atom stereocenters. The van der Waals surface area contributed by atoms with E-state index in [0.717, 1.165) is 0 Å². The van der Waals surface area contributed by atoms with Crippen molar-refractivity contribution in [2.24, 2.45) is 0 Å². The number of thioether (sulfide) groups is 1. The minimum Gasteiger partial charge on any atom is -0.448 e. The molecule has 0 aliphatic carbocycles. The van der Waals surface area contributed by atoms with Crippen LogP contribution >= 0.6 is 11.8 Å². The van der Waals surface area contributed by atoms with Crippen molar-refractivity contribution < 1.29 is 14.6 Å². The fraction of sp³-hybridized carbons (Fsp3) is 0.875. The zero-order valence-corrected chi connectivity index (χ0v) is 8.57. The Morgan fingerprint density at radius 3 is 2.25 bits per heavy atom. The number of cyclic esters (lactones) is 1. The smallest absolute Gasteiger partial charge is 0.323 e. The normalized spacial score (nSPS) is 28.8. The first kappa shape index (κ1) is 9.86. The summed E-state index contributed by atoms with van der Waals surface area (Å²) in [5.41, 5.74) is -1.00. The molecule has 1 heterocycles. The van der Waals surface area contributed by atoms with Gasteiger partial charge in [0.15, 0.2) is 4.93 Å². The maximum absolute atomic E-state index is 11.2. The van der Waals surface area contributed by atoms with E-state index in [-0.39, 0.29) is 5.97 Å². The zero-order valence-electron chi connectivity index (χ0n) is 7.75. The molecule has 1 aliphatic rings. The number of hydrogen-bond donors (Lipinski definition) is 1. The summed E-state index contributed by atoms with van der Waals surface area (Å²) in [6, 6.07) is 0. The van der Waals surface area contributed by atoms with Crippen molar-refractivity contribution in [2.75, 3.05) is 0 Å². The van der Waals surface area contributed by atoms with Gasteiger partial charge in [0.05, 0.1) is 5.60 Å². The Morgan fingerprint density at radius 2 is 2.08 bits per heavy atom. The quantitative estimate of drug-likeness (QED) is 0.630. The lowest BCUT2D eigenvalue weighted by Crippen LogP contribution is -2.37. The highest BCUT2D eigenvalue weighted by Crippen LogP contribution is 2.42. The average Bonchev–Trinajstić information content (AvgIpc) is 2.03. The Labute approximate surface area is 76.5 Å². The minimum absolute atomic E-state index is 0.322. The van der Waals surface area contributed by atoms with Crippen LogP contribution in [0.25, 0.3) is 0 Å². The van der Waals surface area contributed by atoms with E-state index in [1.807, 2.05) is 13.8 Å². The van der Waals surface area contributed by atoms with Gasteiger partial charge in [0.1, 0.15) is 5.25 Å². The Kier molecular flexibility index (Phi) is 2.17. The van der Waals surface area contributed by atoms with Crippen LogP contribution in [0.1, 0.15) is 27.7 Å². The summed E-state index contributed by atoms with van der Waals surface area (Å²) < 4.78 is 5.05. The molecule has 0 aromatic carbocycles. The summed E-state index contributed by atoms with van der Waals surface area (Å²) in [6.45, 7) is 6.88. The van der Waals surface area contributed by atoms with Gasteiger partial charge in [-0.15, -0.1) is 0 Å². The van der Waals surface area contributed by atoms with Crippen LogP contribution in [-0.4, -0.2) is 26.9 Å². The summed E-state index contributed by atoms with van der Waals surface area (Å²) in [5, 5.41) is 9.13. The molecule has 1 N–H and O–H groups in total. The molecular weight excluding hydrogens is 176 g/mol. The number of rotatable bonds is 1. The van der Waals surface area contributed by atoms with Crippen LogP contribution in [0.3, 0.4) is 0 Å². The molecule has 1 atom stereocenters. The maximum atomic E-state index is 11.2. The minimum atomic E-state index is -1.00. The molecule has 1 rings (SSSR count). The number of ether oxygens (including phenoxy) is 1. The lowest BCUT2D eigenvalue weighted by Gasteiger charge is -2.21. The summed E-state index contributed by atoms with van der Waals surface area (Å²) in [6.07, 6.45) is 0. The van der Waals surface area contributed by atoms with Crippen LogP contribution in [-0.2, 0) is 9.53 Å². The predicted molar refractivity (Wildman–Crippen MR) is 47.8 cm³/mol. The SMILES string of the molecule is CC1(C)OC(=O)C(C(C)(C)O)S1. The number of hydrogen-bond acceptors (Lipinski definition) is 4. The monoisotopic (exact) mass is 190 g/mol. The molecule has 0 radical (unpaired) electrons. The van der Waals surface area contributed by atoms with Gasteiger partial charge in [0.2, 0.25) is 0 Å². The van der Waals surface area contributed by atoms with Gasteiger partial charge in [0.25, 0.3) is 0 Å². The number of carbonyl (C=O) groups excluding carboxylic acids is 1. The van der Waals surface area contributed by atoms with Crippen molar-refractivity contribution in [3.05, 3.63) is 0 Å². The summed E-state index contributed by atoms with van der Waals surface area (Å²) >= 11 is 1.36. The molecule has 70 valence electrons. The molecule has 12 heavy (non-hydrogen) atoms. The number of carbonyl (C=O) groups is 1. The molecule has 0 bridgehead atoms. The average molecular weight is 190 g/mol. The van der Waals surface area contributed by atoms with Crippen LogP contribution in [0.5, 0.6) is 0 Å². The van der Waals surface area contributed by atoms with Crippen LogP contribution < -0.4 is 0 Å². The summed E-state index contributed by atoms with van der Waals surface area (Å²) in [5.74, 6) is -0.322. The molecule has 4 heteroatoms. The fourth-order valence-corrected chi connectivity index (χ4v) is 2.21. The van der Waals surface area contributed by atoms with E-state index < -0.39 is 15.8 Å². The fourth-order valence-electron chi connectivity index (χ4n) is 1.08. The predicted octanol–water partition coefficient (Wildman–Crippen LogP) is 1.15. The van der Waals surface area contributed by atoms with Crippen LogP contribution in [0, 0.1) is 0 Å². The topological polar surface area (TPSA) is 46.5 Å². The third kappa shape index (κ3) is 1.93. The molecule has 1 aliphatic heterocycles. The van der Waals surface area contributed by atoms with Crippen molar-refractivity contribution in [2.45, 2.75) is 43.5 Å². The van der Waals surface area contributed by atoms with E-state index in [1.54, 1.807) is 13.8 Å². The van der Waals surface area contributed by atoms with Crippen LogP contribution in [0.15, 0.2) is 0 Å². The second-order valence-corrected chi connectivity index (χ2v) is 5.66. The highest BCUT2D eigenvalue weighted by molar-refractivity contribution is 8.02. The Hall–Kier alpha value is -0.220. The van der Waals surface area contributed by atoms with Crippen molar-refractivity contribution in [1.82, 2.24) is 0 Å². The first-order chi connectivity index (χ1) is 5.22. The molecule has 0 amide bonds. The Morgan fingerprint density at radius 1 is 1.58 bits per heavy atom. The molecule has 3 nitrogen and oxygen atoms in total. The highest BCUT2D eigenvalue weighted by Gasteiger charge is 2.47. The lowest BCUT2D eigenvalue weighted by molar-refractivity contribution is -0.149. The van der Waals surface area contributed by atoms with Gasteiger partial charge in [-0.05, 0) is 27.7 Å². The second kappa shape index (κ2) is 2.64. The largest absolute Gasteiger partial charge is 0.448 e. The van der Waals surface area contributed by atoms with Crippen molar-refractivity contribution in [3.63, 3.8) is 0 Å². The third-order valence-corrected chi connectivity index (χ3v) is 3.26.